The summed E-state index contributed by atoms with van der Waals surface area (Å²) < 4.78 is 32.4. The predicted octanol–water partition coefficient (Wildman–Crippen LogP) is 0.753. The van der Waals surface area contributed by atoms with Gasteiger partial charge < -0.3 is 0 Å². The van der Waals surface area contributed by atoms with Crippen LogP contribution in [0.2, 0.25) is 0 Å². The molecule has 0 aromatic heterocycles. The van der Waals surface area contributed by atoms with Crippen molar-refractivity contribution in [1.82, 2.24) is 10.5 Å². The van der Waals surface area contributed by atoms with E-state index in [-0.39, 0.29) is 18.5 Å². The van der Waals surface area contributed by atoms with Crippen molar-refractivity contribution in [3.63, 3.8) is 0 Å². The van der Waals surface area contributed by atoms with Gasteiger partial charge in [0.25, 0.3) is 10.1 Å². The zero-order chi connectivity index (χ0) is 12.5. The first-order chi connectivity index (χ1) is 8.55. The van der Waals surface area contributed by atoms with Crippen molar-refractivity contribution < 1.29 is 22.8 Å². The number of benzene rings is 1. The van der Waals surface area contributed by atoms with Crippen molar-refractivity contribution in [2.24, 2.45) is 0 Å². The number of hydrogen-bond donors (Lipinski definition) is 1. The normalized spacial score (nSPS) is 40.8. The molecule has 3 heterocycles. The molecule has 3 aliphatic heterocycles. The molecule has 0 amide bonds. The van der Waals surface area contributed by atoms with Crippen molar-refractivity contribution >= 4 is 10.1 Å². The first-order valence-electron chi connectivity index (χ1n) is 5.55. The molecule has 3 atom stereocenters. The largest absolute Gasteiger partial charge is 0.285 e. The third kappa shape index (κ3) is 1.27. The Hall–Kier alpha value is -1.03. The Morgan fingerprint density at radius 3 is 2.50 bits per heavy atom. The van der Waals surface area contributed by atoms with Crippen LogP contribution in [0.25, 0.3) is 0 Å². The van der Waals surface area contributed by atoms with Crippen LogP contribution in [0, 0.1) is 0 Å². The second kappa shape index (κ2) is 3.29. The molecule has 4 aliphatic rings. The Morgan fingerprint density at radius 2 is 1.83 bits per heavy atom. The summed E-state index contributed by atoms with van der Waals surface area (Å²) >= 11 is 0. The number of nitrogens with zero attached hydrogens (tertiary/aromatic N) is 2. The topological polar surface area (TPSA) is 79.3 Å². The molecule has 18 heavy (non-hydrogen) atoms. The fourth-order valence-corrected chi connectivity index (χ4v) is 3.86. The molecule has 5 rings (SSSR count). The van der Waals surface area contributed by atoms with Crippen molar-refractivity contribution in [3.8, 4) is 0 Å². The Bertz CT molecular complexity index is 612. The van der Waals surface area contributed by atoms with Crippen LogP contribution in [0.3, 0.4) is 0 Å². The third-order valence-electron chi connectivity index (χ3n) is 3.66. The van der Waals surface area contributed by atoms with E-state index in [4.69, 9.17) is 9.88 Å². The molecule has 2 bridgehead atoms. The molecule has 8 heteroatoms. The summed E-state index contributed by atoms with van der Waals surface area (Å²) in [4.78, 5) is 10.4. The lowest BCUT2D eigenvalue weighted by atomic mass is 9.85. The van der Waals surface area contributed by atoms with Gasteiger partial charge in [0, 0.05) is 0 Å². The van der Waals surface area contributed by atoms with Gasteiger partial charge in [-0.25, -0.2) is 0 Å². The standard InChI is InChI=1S/C10H10N2O5S/c13-18(14,15)9-5-8-10(12-16-11(8)17-12)7-4-2-1-3-6(7)9/h1-4,8-10H,5H2,(H,13,14,15)/t8-,9+,10-/m1/s1. The summed E-state index contributed by atoms with van der Waals surface area (Å²) in [5.74, 6) is 0. The van der Waals surface area contributed by atoms with E-state index < -0.39 is 15.4 Å². The molecule has 3 fully saturated rings. The molecule has 1 aliphatic carbocycles. The maximum atomic E-state index is 11.5. The van der Waals surface area contributed by atoms with Gasteiger partial charge in [-0.2, -0.15) is 18.3 Å². The van der Waals surface area contributed by atoms with Crippen LogP contribution in [0.15, 0.2) is 24.3 Å². The van der Waals surface area contributed by atoms with Gasteiger partial charge >= 0.3 is 0 Å². The van der Waals surface area contributed by atoms with E-state index in [2.05, 4.69) is 0 Å². The van der Waals surface area contributed by atoms with Crippen LogP contribution >= 0.6 is 0 Å². The lowest BCUT2D eigenvalue weighted by Gasteiger charge is -2.28. The van der Waals surface area contributed by atoms with E-state index in [1.165, 1.54) is 10.5 Å². The van der Waals surface area contributed by atoms with Gasteiger partial charge in [-0.15, -0.1) is 0 Å². The minimum absolute atomic E-state index is 0.140. The minimum atomic E-state index is -4.14. The highest BCUT2D eigenvalue weighted by molar-refractivity contribution is 7.86. The molecule has 0 radical (unpaired) electrons. The Kier molecular flexibility index (Phi) is 1.99. The number of rotatable bonds is 1. The van der Waals surface area contributed by atoms with Crippen molar-refractivity contribution in [2.45, 2.75) is 23.8 Å². The molecule has 3 saturated heterocycles. The SMILES string of the molecule is O=S(=O)(O)[C@H]1C[C@@H]2[C@@H](c3ccccc31)N1ON2O1. The van der Waals surface area contributed by atoms with Crippen LogP contribution < -0.4 is 0 Å². The van der Waals surface area contributed by atoms with Crippen molar-refractivity contribution in [1.29, 1.82) is 0 Å². The minimum Gasteiger partial charge on any atom is -0.285 e. The smallest absolute Gasteiger partial charge is 0.272 e. The predicted molar refractivity (Wildman–Crippen MR) is 57.7 cm³/mol. The summed E-state index contributed by atoms with van der Waals surface area (Å²) in [6.07, 6.45) is 0.247. The van der Waals surface area contributed by atoms with E-state index in [1.807, 2.05) is 12.1 Å². The summed E-state index contributed by atoms with van der Waals surface area (Å²) in [6.45, 7) is 0. The van der Waals surface area contributed by atoms with E-state index in [9.17, 15) is 13.0 Å². The van der Waals surface area contributed by atoms with Crippen LogP contribution in [0.1, 0.15) is 28.8 Å². The molecular formula is C10H10N2O5S. The average molecular weight is 270 g/mol. The maximum Gasteiger partial charge on any atom is 0.272 e. The molecule has 7 nitrogen and oxygen atoms in total. The maximum absolute atomic E-state index is 11.5. The summed E-state index contributed by atoms with van der Waals surface area (Å²) in [6, 6.07) is 6.78. The van der Waals surface area contributed by atoms with Gasteiger partial charge in [-0.3, -0.25) is 4.55 Å². The van der Waals surface area contributed by atoms with Gasteiger partial charge in [0.15, 0.2) is 0 Å². The van der Waals surface area contributed by atoms with Gasteiger partial charge in [-0.05, 0) is 28.0 Å². The quantitative estimate of drug-likeness (QED) is 0.754. The number of hydroxylamine groups is 4. The zero-order valence-electron chi connectivity index (χ0n) is 9.13. The third-order valence-corrected chi connectivity index (χ3v) is 4.83. The van der Waals surface area contributed by atoms with Gasteiger partial charge in [0.05, 0.1) is 6.04 Å². The van der Waals surface area contributed by atoms with Crippen molar-refractivity contribution in [3.05, 3.63) is 35.4 Å². The van der Waals surface area contributed by atoms with Crippen molar-refractivity contribution in [2.75, 3.05) is 0 Å². The first kappa shape index (κ1) is 10.9. The second-order valence-electron chi connectivity index (χ2n) is 4.61. The summed E-state index contributed by atoms with van der Waals surface area (Å²) in [7, 11) is -4.14. The highest BCUT2D eigenvalue weighted by atomic mass is 32.2. The van der Waals surface area contributed by atoms with Crippen LogP contribution in [0.5, 0.6) is 0 Å². The van der Waals surface area contributed by atoms with E-state index in [1.54, 1.807) is 12.1 Å². The zero-order valence-corrected chi connectivity index (χ0v) is 9.95. The lowest BCUT2D eigenvalue weighted by molar-refractivity contribution is -0.677. The fraction of sp³-hybridized carbons (Fsp3) is 0.400. The van der Waals surface area contributed by atoms with Crippen LogP contribution in [0.4, 0.5) is 0 Å². The molecular weight excluding hydrogens is 260 g/mol. The summed E-state index contributed by atoms with van der Waals surface area (Å²) in [5.41, 5.74) is 1.43. The van der Waals surface area contributed by atoms with Gasteiger partial charge in [0.1, 0.15) is 11.3 Å². The second-order valence-corrected chi connectivity index (χ2v) is 6.21. The lowest BCUT2D eigenvalue weighted by Crippen LogP contribution is -2.40. The summed E-state index contributed by atoms with van der Waals surface area (Å²) in [5, 5.41) is 1.70. The Morgan fingerprint density at radius 1 is 1.17 bits per heavy atom. The van der Waals surface area contributed by atoms with Crippen LogP contribution in [-0.4, -0.2) is 29.5 Å². The van der Waals surface area contributed by atoms with Crippen LogP contribution in [-0.2, 0) is 20.0 Å². The molecule has 0 spiro atoms. The van der Waals surface area contributed by atoms with E-state index >= 15 is 0 Å². The average Bonchev–Trinajstić information content (AvgIpc) is 2.79. The fourth-order valence-electron chi connectivity index (χ4n) is 2.88. The molecule has 0 unspecified atom stereocenters. The molecule has 1 N–H and O–H groups in total. The Balaban J connectivity index is 1.90. The molecule has 1 aromatic carbocycles. The van der Waals surface area contributed by atoms with E-state index in [0.29, 0.717) is 5.56 Å². The highest BCUT2D eigenvalue weighted by Crippen LogP contribution is 2.52. The molecule has 0 saturated carbocycles. The Labute approximate surface area is 103 Å². The van der Waals surface area contributed by atoms with Gasteiger partial charge in [-0.1, -0.05) is 24.3 Å². The number of hydrogen-bond acceptors (Lipinski definition) is 6. The first-order valence-corrected chi connectivity index (χ1v) is 7.06. The molecule has 96 valence electrons. The highest BCUT2D eigenvalue weighted by Gasteiger charge is 2.59. The number of fused-ring (bicyclic) bond motifs is 1. The van der Waals surface area contributed by atoms with E-state index in [0.717, 1.165) is 5.56 Å². The molecule has 1 aromatic rings. The van der Waals surface area contributed by atoms with Gasteiger partial charge in [0.2, 0.25) is 0 Å². The monoisotopic (exact) mass is 270 g/mol.